The van der Waals surface area contributed by atoms with E-state index in [9.17, 15) is 13.2 Å². The van der Waals surface area contributed by atoms with Gasteiger partial charge in [-0.1, -0.05) is 5.21 Å². The summed E-state index contributed by atoms with van der Waals surface area (Å²) < 4.78 is 48.4. The molecule has 0 atom stereocenters. The molecule has 182 valence electrons. The van der Waals surface area contributed by atoms with Gasteiger partial charge in [-0.05, 0) is 55.0 Å². The van der Waals surface area contributed by atoms with Crippen molar-refractivity contribution in [2.24, 2.45) is 7.05 Å². The lowest BCUT2D eigenvalue weighted by Crippen LogP contribution is -2.07. The molecule has 0 bridgehead atoms. The molecule has 4 aromatic heterocycles. The van der Waals surface area contributed by atoms with Gasteiger partial charge >= 0.3 is 0 Å². The van der Waals surface area contributed by atoms with E-state index in [1.165, 1.54) is 30.3 Å². The summed E-state index contributed by atoms with van der Waals surface area (Å²) >= 11 is 0. The lowest BCUT2D eigenvalue weighted by molar-refractivity contribution is 0.146. The molecule has 0 spiro atoms. The summed E-state index contributed by atoms with van der Waals surface area (Å²) in [5.41, 5.74) is 9.16. The van der Waals surface area contributed by atoms with Crippen LogP contribution >= 0.6 is 0 Å². The Bertz CT molecular complexity index is 1570. The average Bonchev–Trinajstić information content (AvgIpc) is 3.23. The van der Waals surface area contributed by atoms with Crippen molar-refractivity contribution in [1.82, 2.24) is 34.9 Å². The molecule has 12 heteroatoms. The van der Waals surface area contributed by atoms with Gasteiger partial charge in [-0.3, -0.25) is 9.97 Å². The van der Waals surface area contributed by atoms with Crippen molar-refractivity contribution >= 4 is 17.0 Å². The van der Waals surface area contributed by atoms with Crippen molar-refractivity contribution in [3.63, 3.8) is 0 Å². The molecule has 5 aromatic rings. The molecule has 0 amide bonds. The number of aromatic nitrogens is 7. The van der Waals surface area contributed by atoms with Crippen LogP contribution in [0.2, 0.25) is 0 Å². The van der Waals surface area contributed by atoms with Gasteiger partial charge in [0.15, 0.2) is 0 Å². The number of halogens is 3. The number of nitrogens with two attached hydrogens (primary N) is 1. The largest absolute Gasteiger partial charge is 0.470 e. The molecule has 9 nitrogen and oxygen atoms in total. The summed E-state index contributed by atoms with van der Waals surface area (Å²) in [4.78, 5) is 16.8. The van der Waals surface area contributed by atoms with Crippen molar-refractivity contribution in [2.45, 2.75) is 20.0 Å². The number of pyridine rings is 2. The van der Waals surface area contributed by atoms with Crippen LogP contribution in [-0.2, 0) is 13.7 Å². The second kappa shape index (κ2) is 9.21. The smallest absolute Gasteiger partial charge is 0.280 e. The Morgan fingerprint density at radius 3 is 2.56 bits per heavy atom. The maximum atomic E-state index is 13.6. The number of hydrogen-bond acceptors (Lipinski definition) is 8. The lowest BCUT2D eigenvalue weighted by atomic mass is 9.99. The minimum absolute atomic E-state index is 0.0373. The Balaban J connectivity index is 1.67. The maximum Gasteiger partial charge on any atom is 0.280 e. The number of aryl methyl sites for hydroxylation is 2. The van der Waals surface area contributed by atoms with Gasteiger partial charge in [-0.2, -0.15) is 4.98 Å². The quantitative estimate of drug-likeness (QED) is 0.370. The number of benzene rings is 1. The van der Waals surface area contributed by atoms with Crippen LogP contribution < -0.4 is 10.5 Å². The summed E-state index contributed by atoms with van der Waals surface area (Å²) in [6, 6.07) is 10.2. The number of rotatable bonds is 6. The first kappa shape index (κ1) is 23.1. The van der Waals surface area contributed by atoms with Crippen LogP contribution in [0.1, 0.15) is 23.5 Å². The number of hydrogen-bond donors (Lipinski definition) is 1. The number of nitrogens with zero attached hydrogens (tertiary/aromatic N) is 7. The van der Waals surface area contributed by atoms with Crippen LogP contribution in [0.4, 0.5) is 19.1 Å². The molecule has 2 N–H and O–H groups in total. The molecular formula is C24H19F3N8O. The number of fused-ring (bicyclic) bond motifs is 1. The Kier molecular flexibility index (Phi) is 5.92. The highest BCUT2D eigenvalue weighted by Crippen LogP contribution is 2.39. The minimum atomic E-state index is -2.80. The fourth-order valence-corrected chi connectivity index (χ4v) is 3.85. The summed E-state index contributed by atoms with van der Waals surface area (Å²) in [5, 5.41) is 8.13. The van der Waals surface area contributed by atoms with Gasteiger partial charge in [0.05, 0.1) is 16.8 Å². The Hall–Kier alpha value is -4.61. The van der Waals surface area contributed by atoms with Crippen LogP contribution in [0.5, 0.6) is 5.88 Å². The van der Waals surface area contributed by atoms with Crippen LogP contribution in [0.25, 0.3) is 33.4 Å². The second-order valence-electron chi connectivity index (χ2n) is 7.97. The molecule has 0 saturated carbocycles. The van der Waals surface area contributed by atoms with Gasteiger partial charge in [-0.15, -0.1) is 5.10 Å². The molecule has 36 heavy (non-hydrogen) atoms. The minimum Gasteiger partial charge on any atom is -0.470 e. The van der Waals surface area contributed by atoms with Crippen LogP contribution in [0.15, 0.2) is 48.7 Å². The number of ether oxygens (including phenoxy) is 1. The number of alkyl halides is 2. The Morgan fingerprint density at radius 2 is 1.81 bits per heavy atom. The summed E-state index contributed by atoms with van der Waals surface area (Å²) in [6.07, 6.45) is -1.19. The predicted octanol–water partition coefficient (Wildman–Crippen LogP) is 4.43. The van der Waals surface area contributed by atoms with Crippen molar-refractivity contribution in [2.75, 3.05) is 5.73 Å². The summed E-state index contributed by atoms with van der Waals surface area (Å²) in [6.45, 7) is 1.54. The van der Waals surface area contributed by atoms with Gasteiger partial charge < -0.3 is 10.5 Å². The topological polar surface area (TPSA) is 118 Å². The molecule has 0 fully saturated rings. The van der Waals surface area contributed by atoms with E-state index < -0.39 is 17.9 Å². The van der Waals surface area contributed by atoms with Gasteiger partial charge in [0.1, 0.15) is 29.3 Å². The van der Waals surface area contributed by atoms with E-state index >= 15 is 0 Å². The fourth-order valence-electron chi connectivity index (χ4n) is 3.85. The zero-order chi connectivity index (χ0) is 25.4. The molecular weight excluding hydrogens is 473 g/mol. The van der Waals surface area contributed by atoms with E-state index in [2.05, 4.69) is 30.2 Å². The Morgan fingerprint density at radius 1 is 1.03 bits per heavy atom. The first-order valence-corrected chi connectivity index (χ1v) is 10.8. The van der Waals surface area contributed by atoms with Gasteiger partial charge in [-0.25, -0.2) is 22.8 Å². The molecule has 5 rings (SSSR count). The van der Waals surface area contributed by atoms with Crippen molar-refractivity contribution in [1.29, 1.82) is 0 Å². The molecule has 0 radical (unpaired) electrons. The maximum absolute atomic E-state index is 13.6. The van der Waals surface area contributed by atoms with E-state index in [4.69, 9.17) is 10.5 Å². The monoisotopic (exact) mass is 492 g/mol. The van der Waals surface area contributed by atoms with Crippen LogP contribution in [0, 0.1) is 12.7 Å². The number of nitrogen functional groups attached to an aromatic ring is 1. The van der Waals surface area contributed by atoms with E-state index in [1.807, 2.05) is 0 Å². The molecule has 1 aromatic carbocycles. The predicted molar refractivity (Wildman–Crippen MR) is 125 cm³/mol. The first-order chi connectivity index (χ1) is 17.3. The number of anilines is 1. The zero-order valence-corrected chi connectivity index (χ0v) is 19.2. The van der Waals surface area contributed by atoms with Gasteiger partial charge in [0.2, 0.25) is 11.8 Å². The normalized spacial score (nSPS) is 11.4. The Labute approximate surface area is 202 Å². The second-order valence-corrected chi connectivity index (χ2v) is 7.97. The van der Waals surface area contributed by atoms with Crippen LogP contribution in [-0.4, -0.2) is 34.9 Å². The van der Waals surface area contributed by atoms with Gasteiger partial charge in [0.25, 0.3) is 6.43 Å². The molecule has 4 heterocycles. The van der Waals surface area contributed by atoms with E-state index in [-0.39, 0.29) is 24.1 Å². The van der Waals surface area contributed by atoms with Gasteiger partial charge in [0, 0.05) is 24.5 Å². The lowest BCUT2D eigenvalue weighted by Gasteiger charge is -2.16. The van der Waals surface area contributed by atoms with Crippen molar-refractivity contribution in [3.8, 4) is 28.3 Å². The SMILES string of the molecule is Cc1cc(-c2c(OCc3nccc4c3nnn4C)nc(N)nc2-c2ccc(F)cc2)cc(C(F)F)n1. The standard InChI is InChI=1S/C24H19F3N8O/c1-12-9-14(10-16(30-12)22(26)27)19-20(13-3-5-15(25)6-4-13)31-24(28)32-23(19)36-11-17-21-18(7-8-29-17)35(2)34-33-21/h3-10,22H,11H2,1-2H3,(H2,28,31,32). The van der Waals surface area contributed by atoms with Crippen molar-refractivity contribution in [3.05, 3.63) is 71.6 Å². The highest BCUT2D eigenvalue weighted by atomic mass is 19.3. The molecule has 0 saturated heterocycles. The average molecular weight is 492 g/mol. The van der Waals surface area contributed by atoms with Crippen molar-refractivity contribution < 1.29 is 17.9 Å². The van der Waals surface area contributed by atoms with E-state index in [0.717, 1.165) is 5.52 Å². The third-order valence-electron chi connectivity index (χ3n) is 5.45. The first-order valence-electron chi connectivity index (χ1n) is 10.8. The van der Waals surface area contributed by atoms with Crippen LogP contribution in [0.3, 0.4) is 0 Å². The molecule has 0 aliphatic rings. The molecule has 0 aliphatic carbocycles. The van der Waals surface area contributed by atoms with E-state index in [0.29, 0.717) is 33.6 Å². The summed E-state index contributed by atoms with van der Waals surface area (Å²) in [5.74, 6) is -0.518. The summed E-state index contributed by atoms with van der Waals surface area (Å²) in [7, 11) is 1.75. The highest BCUT2D eigenvalue weighted by molar-refractivity contribution is 5.85. The zero-order valence-electron chi connectivity index (χ0n) is 19.2. The molecule has 0 unspecified atom stereocenters. The highest BCUT2D eigenvalue weighted by Gasteiger charge is 2.22. The molecule has 0 aliphatic heterocycles. The van der Waals surface area contributed by atoms with E-state index in [1.54, 1.807) is 37.0 Å². The third-order valence-corrected chi connectivity index (χ3v) is 5.45. The third kappa shape index (κ3) is 4.40. The fraction of sp³-hybridized carbons (Fsp3) is 0.167.